The van der Waals surface area contributed by atoms with Gasteiger partial charge in [0.15, 0.2) is 23.3 Å². The first-order valence-corrected chi connectivity index (χ1v) is 13.5. The molecule has 0 aliphatic carbocycles. The Morgan fingerprint density at radius 2 is 0.860 bits per heavy atom. The summed E-state index contributed by atoms with van der Waals surface area (Å²) >= 11 is 0. The minimum atomic E-state index is -0.417. The molecule has 3 aromatic heterocycles. The monoisotopic (exact) mass is 559 g/mol. The van der Waals surface area contributed by atoms with Crippen LogP contribution in [0.5, 0.6) is 0 Å². The first kappa shape index (κ1) is 23.4. The Hall–Kier alpha value is -6.36. The third kappa shape index (κ3) is 3.42. The predicted molar refractivity (Wildman–Crippen MR) is 163 cm³/mol. The fourth-order valence-electron chi connectivity index (χ4n) is 5.82. The molecule has 0 atom stereocenters. The molecule has 0 saturated heterocycles. The summed E-state index contributed by atoms with van der Waals surface area (Å²) < 4.78 is 0. The van der Waals surface area contributed by atoms with Crippen LogP contribution >= 0.6 is 0 Å². The van der Waals surface area contributed by atoms with Gasteiger partial charge in [0.25, 0.3) is 5.69 Å². The fraction of sp³-hybridized carbons (Fsp3) is 0. The number of nitro groups is 1. The van der Waals surface area contributed by atoms with Gasteiger partial charge in [-0.2, -0.15) is 0 Å². The molecule has 7 aromatic rings. The van der Waals surface area contributed by atoms with Crippen LogP contribution in [0.25, 0.3) is 89.7 Å². The normalized spacial score (nSPS) is 11.9. The third-order valence-electron chi connectivity index (χ3n) is 7.75. The number of hydrogen-bond acceptors (Lipinski definition) is 8. The maximum absolute atomic E-state index is 12.1. The van der Waals surface area contributed by atoms with Gasteiger partial charge in [-0.15, -0.1) is 0 Å². The number of aromatic amines is 2. The van der Waals surface area contributed by atoms with E-state index in [0.717, 1.165) is 33.0 Å². The average molecular weight is 560 g/mol. The van der Waals surface area contributed by atoms with Crippen molar-refractivity contribution in [1.82, 2.24) is 39.9 Å². The molecule has 4 aromatic carbocycles. The molecule has 0 saturated carbocycles. The standard InChI is InChI=1S/C32H17N9O2/c42-41(43)23-15-7-14-22-24(23)32-39-30-21-13-6-5-12-20(21)28(37-30)35-26-17-9-2-1-8-16(17)25(33-26)34-27-18-10-3-4-11-19(18)29(36-27)38-31(22)40-32/h1-15H,(H2,33,34,35,36,37,38,39,40). The molecule has 0 fully saturated rings. The van der Waals surface area contributed by atoms with Crippen molar-refractivity contribution in [3.05, 3.63) is 101 Å². The summed E-state index contributed by atoms with van der Waals surface area (Å²) in [6.45, 7) is 0. The Morgan fingerprint density at radius 3 is 1.35 bits per heavy atom. The lowest BCUT2D eigenvalue weighted by Gasteiger charge is -1.96. The van der Waals surface area contributed by atoms with E-state index < -0.39 is 4.92 Å². The van der Waals surface area contributed by atoms with Crippen LogP contribution in [0.2, 0.25) is 0 Å². The number of fused-ring (bicyclic) bond motifs is 20. The number of benzene rings is 4. The predicted octanol–water partition coefficient (Wildman–Crippen LogP) is 6.78. The number of nitrogens with zero attached hydrogens (tertiary/aromatic N) is 7. The van der Waals surface area contributed by atoms with E-state index in [1.807, 2.05) is 72.8 Å². The van der Waals surface area contributed by atoms with Crippen LogP contribution in [-0.4, -0.2) is 44.8 Å². The van der Waals surface area contributed by atoms with Gasteiger partial charge in [0.1, 0.15) is 28.0 Å². The Balaban J connectivity index is 1.52. The second-order valence-corrected chi connectivity index (χ2v) is 10.2. The van der Waals surface area contributed by atoms with Gasteiger partial charge in [0.2, 0.25) is 0 Å². The smallest absolute Gasteiger partial charge is 0.281 e. The minimum Gasteiger partial charge on any atom is -0.324 e. The SMILES string of the molecule is O=[N+]([O-])c1cccc2c3nc4nc(nc5[nH]c(nc6nc(nc([nH]3)c12)-c1ccccc1-6)c1ccccc51)-c1ccccc1-4. The second kappa shape index (κ2) is 8.57. The minimum absolute atomic E-state index is 0.0891. The van der Waals surface area contributed by atoms with Crippen molar-refractivity contribution >= 4 is 49.8 Å². The van der Waals surface area contributed by atoms with Gasteiger partial charge in [0.05, 0.1) is 4.92 Å². The number of aromatic nitrogens is 8. The topological polar surface area (TPSA) is 152 Å². The molecular formula is C32H17N9O2. The lowest BCUT2D eigenvalue weighted by Crippen LogP contribution is -1.89. The number of H-pyrrole nitrogens is 2. The first-order chi connectivity index (χ1) is 21.1. The van der Waals surface area contributed by atoms with Gasteiger partial charge >= 0.3 is 0 Å². The van der Waals surface area contributed by atoms with E-state index in [1.165, 1.54) is 6.07 Å². The molecule has 202 valence electrons. The molecule has 8 bridgehead atoms. The molecule has 0 amide bonds. The van der Waals surface area contributed by atoms with Gasteiger partial charge in [-0.05, 0) is 0 Å². The molecule has 5 heterocycles. The molecule has 11 nitrogen and oxygen atoms in total. The van der Waals surface area contributed by atoms with E-state index in [9.17, 15) is 10.1 Å². The molecule has 2 N–H and O–H groups in total. The zero-order chi connectivity index (χ0) is 28.7. The molecule has 2 aliphatic rings. The average Bonchev–Trinajstić information content (AvgIpc) is 3.76. The first-order valence-electron chi connectivity index (χ1n) is 13.5. The summed E-state index contributed by atoms with van der Waals surface area (Å²) in [7, 11) is 0. The van der Waals surface area contributed by atoms with Crippen LogP contribution in [0.1, 0.15) is 0 Å². The van der Waals surface area contributed by atoms with Gasteiger partial charge < -0.3 is 9.97 Å². The lowest BCUT2D eigenvalue weighted by molar-refractivity contribution is -0.383. The van der Waals surface area contributed by atoms with Crippen molar-refractivity contribution in [1.29, 1.82) is 0 Å². The summed E-state index contributed by atoms with van der Waals surface area (Å²) in [4.78, 5) is 47.7. The van der Waals surface area contributed by atoms with Crippen molar-refractivity contribution in [2.75, 3.05) is 0 Å². The maximum Gasteiger partial charge on any atom is 0.281 e. The van der Waals surface area contributed by atoms with Crippen LogP contribution in [0.4, 0.5) is 5.69 Å². The fourth-order valence-corrected chi connectivity index (χ4v) is 5.82. The molecule has 11 heteroatoms. The van der Waals surface area contributed by atoms with Crippen molar-refractivity contribution in [2.45, 2.75) is 0 Å². The van der Waals surface area contributed by atoms with Crippen LogP contribution in [-0.2, 0) is 0 Å². The summed E-state index contributed by atoms with van der Waals surface area (Å²) in [5, 5.41) is 14.8. The number of hydrogen-bond donors (Lipinski definition) is 2. The third-order valence-corrected chi connectivity index (χ3v) is 7.75. The van der Waals surface area contributed by atoms with E-state index in [-0.39, 0.29) is 11.3 Å². The van der Waals surface area contributed by atoms with Gasteiger partial charge in [-0.25, -0.2) is 29.9 Å². The highest BCUT2D eigenvalue weighted by molar-refractivity contribution is 6.10. The quantitative estimate of drug-likeness (QED) is 0.165. The van der Waals surface area contributed by atoms with Crippen molar-refractivity contribution < 1.29 is 4.92 Å². The Labute approximate surface area is 241 Å². The summed E-state index contributed by atoms with van der Waals surface area (Å²) in [6, 6.07) is 28.1. The largest absolute Gasteiger partial charge is 0.324 e. The molecule has 0 unspecified atom stereocenters. The number of nitrogens with one attached hydrogen (secondary N) is 2. The number of nitro benzene ring substituents is 1. The van der Waals surface area contributed by atoms with Gasteiger partial charge in [-0.1, -0.05) is 84.9 Å². The molecule has 43 heavy (non-hydrogen) atoms. The van der Waals surface area contributed by atoms with Crippen molar-refractivity contribution in [2.24, 2.45) is 0 Å². The molecule has 0 spiro atoms. The van der Waals surface area contributed by atoms with Gasteiger partial charge in [0, 0.05) is 44.5 Å². The van der Waals surface area contributed by atoms with E-state index >= 15 is 0 Å². The molecule has 2 aliphatic heterocycles. The van der Waals surface area contributed by atoms with Crippen molar-refractivity contribution in [3.63, 3.8) is 0 Å². The van der Waals surface area contributed by atoms with Gasteiger partial charge in [-0.3, -0.25) is 10.1 Å². The zero-order valence-corrected chi connectivity index (χ0v) is 22.1. The Kier molecular flexibility index (Phi) is 4.65. The van der Waals surface area contributed by atoms with E-state index in [0.29, 0.717) is 51.0 Å². The van der Waals surface area contributed by atoms with E-state index in [1.54, 1.807) is 12.1 Å². The molecule has 9 rings (SSSR count). The Bertz CT molecular complexity index is 2510. The second-order valence-electron chi connectivity index (χ2n) is 10.2. The number of rotatable bonds is 1. The van der Waals surface area contributed by atoms with Crippen LogP contribution in [0.3, 0.4) is 0 Å². The van der Waals surface area contributed by atoms with E-state index in [2.05, 4.69) is 9.97 Å². The highest BCUT2D eigenvalue weighted by Crippen LogP contribution is 2.38. The zero-order valence-electron chi connectivity index (χ0n) is 22.1. The van der Waals surface area contributed by atoms with Crippen LogP contribution in [0.15, 0.2) is 91.0 Å². The number of non-ortho nitro benzene ring substituents is 1. The highest BCUT2D eigenvalue weighted by Gasteiger charge is 2.23. The lowest BCUT2D eigenvalue weighted by atomic mass is 10.1. The summed E-state index contributed by atoms with van der Waals surface area (Å²) in [5.74, 6) is 1.78. The van der Waals surface area contributed by atoms with Crippen molar-refractivity contribution in [3.8, 4) is 45.6 Å². The van der Waals surface area contributed by atoms with E-state index in [4.69, 9.17) is 29.9 Å². The molecular weight excluding hydrogens is 542 g/mol. The summed E-state index contributed by atoms with van der Waals surface area (Å²) in [5.41, 5.74) is 4.97. The maximum atomic E-state index is 12.1. The van der Waals surface area contributed by atoms with Crippen LogP contribution < -0.4 is 0 Å². The highest BCUT2D eigenvalue weighted by atomic mass is 16.6. The molecule has 0 radical (unpaired) electrons. The van der Waals surface area contributed by atoms with Crippen LogP contribution in [0, 0.1) is 10.1 Å². The Morgan fingerprint density at radius 1 is 0.465 bits per heavy atom. The summed E-state index contributed by atoms with van der Waals surface area (Å²) in [6.07, 6.45) is 0.